The van der Waals surface area contributed by atoms with E-state index in [9.17, 15) is 31.1 Å². The molecule has 2 N–H and O–H groups in total. The monoisotopic (exact) mass is 393 g/mol. The molecule has 27 heavy (non-hydrogen) atoms. The largest absolute Gasteiger partial charge is 0.433 e. The fourth-order valence-corrected chi connectivity index (χ4v) is 4.05. The van der Waals surface area contributed by atoms with Crippen molar-refractivity contribution in [3.05, 3.63) is 39.7 Å². The first kappa shape index (κ1) is 17.9. The molecule has 2 aromatic rings. The van der Waals surface area contributed by atoms with Gasteiger partial charge in [-0.25, -0.2) is 14.9 Å². The number of rotatable bonds is 2. The van der Waals surface area contributed by atoms with Crippen molar-refractivity contribution in [2.75, 3.05) is 4.90 Å². The molecule has 2 fully saturated rings. The molecule has 1 aliphatic carbocycles. The molecule has 146 valence electrons. The van der Waals surface area contributed by atoms with Crippen molar-refractivity contribution in [1.82, 2.24) is 20.2 Å². The normalized spacial score (nSPS) is 25.4. The summed E-state index contributed by atoms with van der Waals surface area (Å²) in [4.78, 5) is 18.7. The van der Waals surface area contributed by atoms with Crippen LogP contribution in [0.15, 0.2) is 16.9 Å². The molecule has 2 aliphatic rings. The number of H-pyrrole nitrogens is 2. The first-order chi connectivity index (χ1) is 12.5. The molecule has 2 bridgehead atoms. The summed E-state index contributed by atoms with van der Waals surface area (Å²) in [7, 11) is 0. The van der Waals surface area contributed by atoms with E-state index in [2.05, 4.69) is 20.2 Å². The molecule has 0 spiro atoms. The highest BCUT2D eigenvalue weighted by molar-refractivity contribution is 5.49. The van der Waals surface area contributed by atoms with Crippen molar-refractivity contribution in [2.24, 2.45) is 5.92 Å². The van der Waals surface area contributed by atoms with E-state index in [0.29, 0.717) is 18.9 Å². The number of nitrogens with one attached hydrogen (secondary N) is 2. The van der Waals surface area contributed by atoms with Gasteiger partial charge in [0.05, 0.1) is 11.6 Å². The molecule has 0 aromatic carbocycles. The number of aromatic amines is 2. The van der Waals surface area contributed by atoms with E-state index >= 15 is 0 Å². The number of halogens is 6. The number of alkyl halides is 6. The van der Waals surface area contributed by atoms with Gasteiger partial charge in [-0.15, -0.1) is 0 Å². The topological polar surface area (TPSA) is 77.7 Å². The van der Waals surface area contributed by atoms with E-state index in [1.165, 1.54) is 4.90 Å². The molecule has 1 saturated carbocycles. The smallest absolute Gasteiger partial charge is 0.343 e. The minimum atomic E-state index is -5.02. The number of nitrogens with zero attached hydrogens (tertiary/aromatic N) is 3. The Hall–Kier alpha value is -2.53. The van der Waals surface area contributed by atoms with Crippen molar-refractivity contribution in [2.45, 2.75) is 43.7 Å². The third-order valence-corrected chi connectivity index (χ3v) is 5.08. The van der Waals surface area contributed by atoms with Gasteiger partial charge >= 0.3 is 18.0 Å². The number of hydrogen-bond acceptors (Lipinski definition) is 4. The number of hydrogen-bond donors (Lipinski definition) is 2. The minimum Gasteiger partial charge on any atom is -0.343 e. The second-order valence-corrected chi connectivity index (χ2v) is 6.74. The van der Waals surface area contributed by atoms with Crippen molar-refractivity contribution in [1.29, 1.82) is 0 Å². The SMILES string of the molecule is O=c1[nH]nc([C@@H]2[C@H]3CC[C@H](C3)N2c2cc(C(F)(F)F)cc(C(F)(F)F)n2)[nH]1. The van der Waals surface area contributed by atoms with Gasteiger partial charge in [0, 0.05) is 6.04 Å². The Labute approximate surface area is 147 Å². The Morgan fingerprint density at radius 1 is 1.07 bits per heavy atom. The molecule has 6 nitrogen and oxygen atoms in total. The highest BCUT2D eigenvalue weighted by atomic mass is 19.4. The number of fused-ring (bicyclic) bond motifs is 2. The van der Waals surface area contributed by atoms with Crippen LogP contribution >= 0.6 is 0 Å². The molecule has 1 saturated heterocycles. The first-order valence-electron chi connectivity index (χ1n) is 8.13. The number of anilines is 1. The molecule has 3 atom stereocenters. The van der Waals surface area contributed by atoms with Crippen LogP contribution in [0.4, 0.5) is 32.2 Å². The second-order valence-electron chi connectivity index (χ2n) is 6.74. The molecule has 3 heterocycles. The van der Waals surface area contributed by atoms with Crippen LogP contribution in [0, 0.1) is 5.92 Å². The van der Waals surface area contributed by atoms with Crippen LogP contribution in [-0.4, -0.2) is 26.2 Å². The summed E-state index contributed by atoms with van der Waals surface area (Å²) in [5.41, 5.74) is -3.62. The summed E-state index contributed by atoms with van der Waals surface area (Å²) < 4.78 is 78.8. The zero-order chi connectivity index (χ0) is 19.6. The van der Waals surface area contributed by atoms with Crippen LogP contribution in [0.2, 0.25) is 0 Å². The van der Waals surface area contributed by atoms with Crippen molar-refractivity contribution in [3.63, 3.8) is 0 Å². The van der Waals surface area contributed by atoms with Crippen LogP contribution < -0.4 is 10.6 Å². The van der Waals surface area contributed by atoms with Crippen LogP contribution in [-0.2, 0) is 12.4 Å². The highest BCUT2D eigenvalue weighted by Crippen LogP contribution is 2.51. The van der Waals surface area contributed by atoms with Crippen molar-refractivity contribution >= 4 is 5.82 Å². The molecule has 0 unspecified atom stereocenters. The van der Waals surface area contributed by atoms with Gasteiger partial charge in [0.15, 0.2) is 5.82 Å². The summed E-state index contributed by atoms with van der Waals surface area (Å²) in [5.74, 6) is -0.280. The Bertz CT molecular complexity index is 884. The van der Waals surface area contributed by atoms with Gasteiger partial charge in [-0.3, -0.25) is 4.98 Å². The van der Waals surface area contributed by atoms with Crippen LogP contribution in [0.5, 0.6) is 0 Å². The standard InChI is InChI=1S/C15H13F6N5O/c16-14(17,18)7-4-9(15(19,20)21)22-10(5-7)26-8-2-1-6(3-8)11(26)12-23-13(27)25-24-12/h4-6,8,11H,1-3H2,(H2,23,24,25,27)/t6-,8+,11-/m0/s1. The van der Waals surface area contributed by atoms with Crippen molar-refractivity contribution in [3.8, 4) is 0 Å². The van der Waals surface area contributed by atoms with Crippen LogP contribution in [0.3, 0.4) is 0 Å². The van der Waals surface area contributed by atoms with E-state index < -0.39 is 41.2 Å². The lowest BCUT2D eigenvalue weighted by molar-refractivity contribution is -0.145. The average Bonchev–Trinajstić information content (AvgIpc) is 3.27. The zero-order valence-electron chi connectivity index (χ0n) is 13.5. The predicted molar refractivity (Wildman–Crippen MR) is 79.8 cm³/mol. The maximum absolute atomic E-state index is 13.2. The number of pyridine rings is 1. The summed E-state index contributed by atoms with van der Waals surface area (Å²) >= 11 is 0. The predicted octanol–water partition coefficient (Wildman–Crippen LogP) is 3.26. The van der Waals surface area contributed by atoms with Gasteiger partial charge in [0.2, 0.25) is 0 Å². The fraction of sp³-hybridized carbons (Fsp3) is 0.533. The Kier molecular flexibility index (Phi) is 3.79. The van der Waals surface area contributed by atoms with Gasteiger partial charge in [-0.2, -0.15) is 31.4 Å². The quantitative estimate of drug-likeness (QED) is 0.768. The van der Waals surface area contributed by atoms with Gasteiger partial charge < -0.3 is 4.90 Å². The zero-order valence-corrected chi connectivity index (χ0v) is 13.5. The molecule has 12 heteroatoms. The van der Waals surface area contributed by atoms with E-state index in [-0.39, 0.29) is 23.9 Å². The average molecular weight is 393 g/mol. The molecule has 0 amide bonds. The first-order valence-corrected chi connectivity index (χ1v) is 8.13. The summed E-state index contributed by atoms with van der Waals surface area (Å²) in [5, 5.41) is 6.01. The van der Waals surface area contributed by atoms with Crippen LogP contribution in [0.1, 0.15) is 42.4 Å². The maximum Gasteiger partial charge on any atom is 0.433 e. The summed E-state index contributed by atoms with van der Waals surface area (Å²) in [6.45, 7) is 0. The van der Waals surface area contributed by atoms with Crippen molar-refractivity contribution < 1.29 is 26.3 Å². The number of aromatic nitrogens is 4. The van der Waals surface area contributed by atoms with E-state index in [4.69, 9.17) is 0 Å². The maximum atomic E-state index is 13.2. The summed E-state index contributed by atoms with van der Waals surface area (Å²) in [6, 6.07) is -0.284. The molecule has 1 aliphatic heterocycles. The van der Waals surface area contributed by atoms with Gasteiger partial charge in [-0.1, -0.05) is 0 Å². The second kappa shape index (κ2) is 5.73. The van der Waals surface area contributed by atoms with E-state index in [1.54, 1.807) is 0 Å². The Morgan fingerprint density at radius 2 is 1.81 bits per heavy atom. The lowest BCUT2D eigenvalue weighted by Gasteiger charge is -2.35. The fourth-order valence-electron chi connectivity index (χ4n) is 4.05. The lowest BCUT2D eigenvalue weighted by atomic mass is 9.98. The summed E-state index contributed by atoms with van der Waals surface area (Å²) in [6.07, 6.45) is -8.03. The van der Waals surface area contributed by atoms with Gasteiger partial charge in [-0.05, 0) is 37.3 Å². The molecular formula is C15H13F6N5O. The number of piperidine rings is 1. The van der Waals surface area contributed by atoms with E-state index in [0.717, 1.165) is 6.42 Å². The Balaban J connectivity index is 1.84. The molecular weight excluding hydrogens is 380 g/mol. The van der Waals surface area contributed by atoms with E-state index in [1.807, 2.05) is 0 Å². The van der Waals surface area contributed by atoms with Crippen LogP contribution in [0.25, 0.3) is 0 Å². The molecule has 0 radical (unpaired) electrons. The van der Waals surface area contributed by atoms with Gasteiger partial charge in [0.1, 0.15) is 11.5 Å². The third kappa shape index (κ3) is 3.06. The molecule has 4 rings (SSSR count). The lowest BCUT2D eigenvalue weighted by Crippen LogP contribution is -2.37. The third-order valence-electron chi connectivity index (χ3n) is 5.08. The Morgan fingerprint density at radius 3 is 2.41 bits per heavy atom. The highest BCUT2D eigenvalue weighted by Gasteiger charge is 2.49. The van der Waals surface area contributed by atoms with Gasteiger partial charge in [0.25, 0.3) is 0 Å². The minimum absolute atomic E-state index is 0.00323. The molecule has 2 aromatic heterocycles.